The van der Waals surface area contributed by atoms with Gasteiger partial charge in [0.05, 0.1) is 19.0 Å². The molecule has 0 aromatic carbocycles. The minimum absolute atomic E-state index is 0.128. The monoisotopic (exact) mass is 349 g/mol. The number of imidazole rings is 1. The fourth-order valence-corrected chi connectivity index (χ4v) is 2.15. The number of hydrogen-bond acceptors (Lipinski definition) is 9. The van der Waals surface area contributed by atoms with Gasteiger partial charge in [0.15, 0.2) is 17.7 Å². The van der Waals surface area contributed by atoms with E-state index in [0.29, 0.717) is 17.6 Å². The van der Waals surface area contributed by atoms with Crippen molar-refractivity contribution in [3.63, 3.8) is 0 Å². The Kier molecular flexibility index (Phi) is 5.08. The summed E-state index contributed by atoms with van der Waals surface area (Å²) in [6.07, 6.45) is 1.52. The van der Waals surface area contributed by atoms with E-state index in [1.807, 2.05) is 0 Å². The lowest BCUT2D eigenvalue weighted by atomic mass is 10.2. The van der Waals surface area contributed by atoms with E-state index in [4.69, 9.17) is 33.1 Å². The normalized spacial score (nSPS) is 24.4. The fourth-order valence-electron chi connectivity index (χ4n) is 2.15. The van der Waals surface area contributed by atoms with Gasteiger partial charge in [0, 0.05) is 6.42 Å². The van der Waals surface area contributed by atoms with Crippen molar-refractivity contribution < 1.29 is 32.5 Å². The van der Waals surface area contributed by atoms with Gasteiger partial charge in [-0.25, -0.2) is 15.0 Å². The minimum atomic E-state index is -4.67. The Bertz CT molecular complexity index is 771. The second-order valence-corrected chi connectivity index (χ2v) is 5.56. The average molecular weight is 349 g/mol. The molecule has 6 N–H and O–H groups in total. The van der Waals surface area contributed by atoms with E-state index >= 15 is 0 Å². The highest BCUT2D eigenvalue weighted by Crippen LogP contribution is 2.31. The molecule has 1 fully saturated rings. The molecule has 0 spiro atoms. The van der Waals surface area contributed by atoms with Crippen LogP contribution in [0.3, 0.4) is 0 Å². The quantitative estimate of drug-likeness (QED) is 0.392. The zero-order valence-electron chi connectivity index (χ0n) is 11.6. The minimum Gasteiger partial charge on any atom is -0.394 e. The van der Waals surface area contributed by atoms with Gasteiger partial charge < -0.3 is 20.7 Å². The number of anilines is 1. The lowest BCUT2D eigenvalue weighted by molar-refractivity contribution is -0.0486. The first kappa shape index (κ1) is 17.5. The smallest absolute Gasteiger partial charge is 0.394 e. The van der Waals surface area contributed by atoms with Gasteiger partial charge in [0.2, 0.25) is 0 Å². The molecular weight excluding hydrogens is 334 g/mol. The maximum Gasteiger partial charge on any atom is 0.394 e. The predicted molar refractivity (Wildman–Crippen MR) is 75.5 cm³/mol. The molecular formula is C10H15N5O7S. The zero-order valence-corrected chi connectivity index (χ0v) is 12.4. The molecule has 128 valence electrons. The van der Waals surface area contributed by atoms with Crippen molar-refractivity contribution in [2.24, 2.45) is 0 Å². The standard InChI is InChI=1S/C10H13N5O3.H2O4S/c11-8-7-9(13-3-12-8)15(4-14-7)10-6(17)1-5(2-16)18-10;1-5(2,3)4/h3-6,10,16-17H,1-2H2,(H2,11,12,13);(H2,1,2,3,4)/t5-,6+,10+;/m0./s1. The van der Waals surface area contributed by atoms with Crippen molar-refractivity contribution in [2.75, 3.05) is 12.3 Å². The Labute approximate surface area is 130 Å². The molecule has 12 nitrogen and oxygen atoms in total. The predicted octanol–water partition coefficient (Wildman–Crippen LogP) is -1.60. The van der Waals surface area contributed by atoms with Crippen LogP contribution in [0.5, 0.6) is 0 Å². The van der Waals surface area contributed by atoms with Gasteiger partial charge in [-0.2, -0.15) is 8.42 Å². The van der Waals surface area contributed by atoms with Crippen LogP contribution in [0.15, 0.2) is 12.7 Å². The third-order valence-corrected chi connectivity index (χ3v) is 3.03. The number of aliphatic hydroxyl groups is 2. The molecule has 2 aromatic rings. The molecule has 0 unspecified atom stereocenters. The van der Waals surface area contributed by atoms with Crippen LogP contribution in [-0.2, 0) is 15.1 Å². The zero-order chi connectivity index (χ0) is 17.2. The maximum atomic E-state index is 9.93. The van der Waals surface area contributed by atoms with Crippen molar-refractivity contribution >= 4 is 27.4 Å². The van der Waals surface area contributed by atoms with Crippen molar-refractivity contribution in [2.45, 2.75) is 24.9 Å². The maximum absolute atomic E-state index is 9.93. The van der Waals surface area contributed by atoms with Gasteiger partial charge in [0.1, 0.15) is 17.9 Å². The molecule has 0 saturated carbocycles. The first-order valence-corrected chi connectivity index (χ1v) is 7.67. The molecule has 0 bridgehead atoms. The number of aromatic nitrogens is 4. The highest BCUT2D eigenvalue weighted by molar-refractivity contribution is 7.79. The van der Waals surface area contributed by atoms with E-state index in [1.165, 1.54) is 12.7 Å². The molecule has 0 aliphatic carbocycles. The van der Waals surface area contributed by atoms with Crippen LogP contribution in [-0.4, -0.2) is 66.1 Å². The van der Waals surface area contributed by atoms with Gasteiger partial charge in [-0.15, -0.1) is 0 Å². The van der Waals surface area contributed by atoms with E-state index in [2.05, 4.69) is 15.0 Å². The topological polar surface area (TPSA) is 194 Å². The number of rotatable bonds is 2. The van der Waals surface area contributed by atoms with Gasteiger partial charge in [-0.3, -0.25) is 13.7 Å². The first-order chi connectivity index (χ1) is 10.7. The van der Waals surface area contributed by atoms with Crippen LogP contribution >= 0.6 is 0 Å². The number of hydrogen-bond donors (Lipinski definition) is 5. The molecule has 23 heavy (non-hydrogen) atoms. The molecule has 0 amide bonds. The van der Waals surface area contributed by atoms with Gasteiger partial charge in [-0.1, -0.05) is 0 Å². The summed E-state index contributed by atoms with van der Waals surface area (Å²) in [5, 5.41) is 19.0. The molecule has 13 heteroatoms. The average Bonchev–Trinajstić information content (AvgIpc) is 3.01. The molecule has 1 aliphatic rings. The Balaban J connectivity index is 0.000000338. The van der Waals surface area contributed by atoms with Crippen molar-refractivity contribution in [3.8, 4) is 0 Å². The molecule has 0 radical (unpaired) electrons. The van der Waals surface area contributed by atoms with Crippen molar-refractivity contribution in [3.05, 3.63) is 12.7 Å². The molecule has 3 heterocycles. The summed E-state index contributed by atoms with van der Waals surface area (Å²) in [5.41, 5.74) is 6.66. The highest BCUT2D eigenvalue weighted by atomic mass is 32.3. The Morgan fingerprint density at radius 3 is 2.57 bits per heavy atom. The number of fused-ring (bicyclic) bond motifs is 1. The SMILES string of the molecule is Nc1ncnc2c1ncn2[C@@H]1O[C@H](CO)C[C@H]1O.O=S(=O)(O)O. The molecule has 1 saturated heterocycles. The van der Waals surface area contributed by atoms with Gasteiger partial charge in [-0.05, 0) is 0 Å². The third-order valence-electron chi connectivity index (χ3n) is 3.03. The number of nitrogens with two attached hydrogens (primary N) is 1. The largest absolute Gasteiger partial charge is 0.394 e. The molecule has 2 aromatic heterocycles. The van der Waals surface area contributed by atoms with Gasteiger partial charge >= 0.3 is 10.4 Å². The van der Waals surface area contributed by atoms with E-state index in [-0.39, 0.29) is 18.5 Å². The number of aliphatic hydroxyl groups excluding tert-OH is 2. The summed E-state index contributed by atoms with van der Waals surface area (Å²) in [5.74, 6) is 0.282. The summed E-state index contributed by atoms with van der Waals surface area (Å²) < 4.78 is 38.7. The van der Waals surface area contributed by atoms with Crippen molar-refractivity contribution in [1.29, 1.82) is 0 Å². The second kappa shape index (κ2) is 6.69. The molecule has 3 atom stereocenters. The third kappa shape index (κ3) is 4.31. The fraction of sp³-hybridized carbons (Fsp3) is 0.500. The second-order valence-electron chi connectivity index (χ2n) is 4.67. The summed E-state index contributed by atoms with van der Waals surface area (Å²) >= 11 is 0. The highest BCUT2D eigenvalue weighted by Gasteiger charge is 2.35. The van der Waals surface area contributed by atoms with Crippen LogP contribution in [0.25, 0.3) is 11.2 Å². The van der Waals surface area contributed by atoms with Crippen LogP contribution in [0.1, 0.15) is 12.6 Å². The number of nitrogens with zero attached hydrogens (tertiary/aromatic N) is 4. The van der Waals surface area contributed by atoms with E-state index < -0.39 is 22.7 Å². The van der Waals surface area contributed by atoms with Crippen molar-refractivity contribution in [1.82, 2.24) is 19.5 Å². The van der Waals surface area contributed by atoms with E-state index in [1.54, 1.807) is 4.57 Å². The first-order valence-electron chi connectivity index (χ1n) is 6.28. The molecule has 3 rings (SSSR count). The van der Waals surface area contributed by atoms with Crippen LogP contribution in [0, 0.1) is 0 Å². The summed E-state index contributed by atoms with van der Waals surface area (Å²) in [6, 6.07) is 0. The van der Waals surface area contributed by atoms with Crippen LogP contribution in [0.4, 0.5) is 5.82 Å². The number of nitrogen functional groups attached to an aromatic ring is 1. The summed E-state index contributed by atoms with van der Waals surface area (Å²) in [6.45, 7) is -0.128. The molecule has 1 aliphatic heterocycles. The Morgan fingerprint density at radius 2 is 2.00 bits per heavy atom. The van der Waals surface area contributed by atoms with E-state index in [0.717, 1.165) is 0 Å². The van der Waals surface area contributed by atoms with Crippen LogP contribution in [0.2, 0.25) is 0 Å². The Hall–Kier alpha value is -1.90. The number of ether oxygens (including phenoxy) is 1. The van der Waals surface area contributed by atoms with E-state index in [9.17, 15) is 5.11 Å². The van der Waals surface area contributed by atoms with Gasteiger partial charge in [0.25, 0.3) is 0 Å². The van der Waals surface area contributed by atoms with Crippen LogP contribution < -0.4 is 5.73 Å². The lowest BCUT2D eigenvalue weighted by Gasteiger charge is -2.16. The lowest BCUT2D eigenvalue weighted by Crippen LogP contribution is -2.19. The summed E-state index contributed by atoms with van der Waals surface area (Å²) in [7, 11) is -4.67. The summed E-state index contributed by atoms with van der Waals surface area (Å²) in [4.78, 5) is 12.0. The Morgan fingerprint density at radius 1 is 1.35 bits per heavy atom.